The van der Waals surface area contributed by atoms with E-state index in [4.69, 9.17) is 0 Å². The average Bonchev–Trinajstić information content (AvgIpc) is 2.37. The number of hydrogen-bond acceptors (Lipinski definition) is 3. The molecule has 1 fully saturated rings. The molecule has 4 nitrogen and oxygen atoms in total. The van der Waals surface area contributed by atoms with Crippen molar-refractivity contribution < 1.29 is 4.79 Å². The lowest BCUT2D eigenvalue weighted by Crippen LogP contribution is -2.50. The third-order valence-corrected chi connectivity index (χ3v) is 4.11. The summed E-state index contributed by atoms with van der Waals surface area (Å²) in [7, 11) is 3.92. The zero-order chi connectivity index (χ0) is 13.0. The fraction of sp³-hybridized carbons (Fsp3) is 0.786. The standard InChI is InChI=1S/C14H25N3O/c1-15-10-13(18)16-14(12-8-9-17(12)2)11-6-4-3-5-7-11/h8,11,14-15H,3-7,9-10H2,1-2H3,(H,16,18). The van der Waals surface area contributed by atoms with Gasteiger partial charge in [0.2, 0.25) is 5.91 Å². The monoisotopic (exact) mass is 251 g/mol. The van der Waals surface area contributed by atoms with Crippen molar-refractivity contribution in [1.29, 1.82) is 0 Å². The second kappa shape index (κ2) is 6.23. The maximum atomic E-state index is 11.8. The summed E-state index contributed by atoms with van der Waals surface area (Å²) in [5.41, 5.74) is 1.31. The third-order valence-electron chi connectivity index (χ3n) is 4.11. The molecule has 1 saturated carbocycles. The van der Waals surface area contributed by atoms with E-state index in [1.165, 1.54) is 37.8 Å². The van der Waals surface area contributed by atoms with Gasteiger partial charge in [-0.25, -0.2) is 0 Å². The van der Waals surface area contributed by atoms with Gasteiger partial charge in [-0.2, -0.15) is 0 Å². The minimum Gasteiger partial charge on any atom is -0.373 e. The van der Waals surface area contributed by atoms with E-state index in [0.29, 0.717) is 12.5 Å². The molecular formula is C14H25N3O. The van der Waals surface area contributed by atoms with Gasteiger partial charge >= 0.3 is 0 Å². The summed E-state index contributed by atoms with van der Waals surface area (Å²) < 4.78 is 0. The number of hydrogen-bond donors (Lipinski definition) is 2. The van der Waals surface area contributed by atoms with E-state index >= 15 is 0 Å². The lowest BCUT2D eigenvalue weighted by atomic mass is 9.81. The molecule has 1 unspecified atom stereocenters. The molecule has 2 N–H and O–H groups in total. The SMILES string of the molecule is CNCC(=O)NC(C1=CCN1C)C1CCCCC1. The summed E-state index contributed by atoms with van der Waals surface area (Å²) >= 11 is 0. The van der Waals surface area contributed by atoms with Crippen LogP contribution in [0.1, 0.15) is 32.1 Å². The summed E-state index contributed by atoms with van der Waals surface area (Å²) in [4.78, 5) is 14.1. The summed E-state index contributed by atoms with van der Waals surface area (Å²) in [6, 6.07) is 0.227. The van der Waals surface area contributed by atoms with Crippen LogP contribution >= 0.6 is 0 Å². The van der Waals surface area contributed by atoms with Gasteiger partial charge in [-0.15, -0.1) is 0 Å². The van der Waals surface area contributed by atoms with Crippen molar-refractivity contribution in [3.63, 3.8) is 0 Å². The Balaban J connectivity index is 2.00. The second-order valence-corrected chi connectivity index (χ2v) is 5.48. The van der Waals surface area contributed by atoms with E-state index in [1.54, 1.807) is 0 Å². The van der Waals surface area contributed by atoms with E-state index in [-0.39, 0.29) is 11.9 Å². The molecule has 2 rings (SSSR count). The van der Waals surface area contributed by atoms with Crippen molar-refractivity contribution in [2.45, 2.75) is 38.1 Å². The van der Waals surface area contributed by atoms with Gasteiger partial charge in [0, 0.05) is 19.3 Å². The van der Waals surface area contributed by atoms with Crippen LogP contribution in [0.15, 0.2) is 11.8 Å². The van der Waals surface area contributed by atoms with Gasteiger partial charge in [-0.1, -0.05) is 19.3 Å². The maximum absolute atomic E-state index is 11.8. The van der Waals surface area contributed by atoms with Crippen LogP contribution < -0.4 is 10.6 Å². The summed E-state index contributed by atoms with van der Waals surface area (Å²) in [6.45, 7) is 1.42. The number of amides is 1. The van der Waals surface area contributed by atoms with E-state index in [9.17, 15) is 4.79 Å². The summed E-state index contributed by atoms with van der Waals surface area (Å²) in [6.07, 6.45) is 8.70. The molecule has 4 heteroatoms. The molecule has 0 spiro atoms. The molecule has 1 aliphatic heterocycles. The Morgan fingerprint density at radius 1 is 1.44 bits per heavy atom. The zero-order valence-electron chi connectivity index (χ0n) is 11.5. The first-order valence-corrected chi connectivity index (χ1v) is 7.07. The third kappa shape index (κ3) is 3.05. The molecule has 1 amide bonds. The minimum atomic E-state index is 0.106. The molecule has 1 aliphatic carbocycles. The average molecular weight is 251 g/mol. The van der Waals surface area contributed by atoms with Crippen LogP contribution in [-0.4, -0.2) is 44.0 Å². The number of likely N-dealkylation sites (N-methyl/N-ethyl adjacent to an activating group) is 2. The zero-order valence-corrected chi connectivity index (χ0v) is 11.5. The Kier molecular flexibility index (Phi) is 4.64. The molecule has 2 aliphatic rings. The normalized spacial score (nSPS) is 22.1. The second-order valence-electron chi connectivity index (χ2n) is 5.48. The fourth-order valence-electron chi connectivity index (χ4n) is 3.03. The summed E-state index contributed by atoms with van der Waals surface area (Å²) in [5, 5.41) is 6.13. The van der Waals surface area contributed by atoms with Crippen molar-refractivity contribution in [3.8, 4) is 0 Å². The Bertz CT molecular complexity index is 321. The first kappa shape index (κ1) is 13.4. The van der Waals surface area contributed by atoms with Crippen molar-refractivity contribution in [1.82, 2.24) is 15.5 Å². The van der Waals surface area contributed by atoms with Crippen molar-refractivity contribution in [3.05, 3.63) is 11.8 Å². The van der Waals surface area contributed by atoms with E-state index in [2.05, 4.69) is 28.7 Å². The molecule has 0 bridgehead atoms. The Labute approximate surface area is 110 Å². The van der Waals surface area contributed by atoms with Crippen LogP contribution in [0.5, 0.6) is 0 Å². The highest BCUT2D eigenvalue weighted by atomic mass is 16.2. The van der Waals surface area contributed by atoms with Crippen LogP contribution in [0, 0.1) is 5.92 Å². The highest BCUT2D eigenvalue weighted by Gasteiger charge is 2.31. The molecular weight excluding hydrogens is 226 g/mol. The lowest BCUT2D eigenvalue weighted by Gasteiger charge is -2.40. The Morgan fingerprint density at radius 3 is 2.67 bits per heavy atom. The molecule has 1 heterocycles. The van der Waals surface area contributed by atoms with Gasteiger partial charge in [0.05, 0.1) is 12.6 Å². The number of rotatable bonds is 5. The van der Waals surface area contributed by atoms with Crippen molar-refractivity contribution in [2.24, 2.45) is 5.92 Å². The largest absolute Gasteiger partial charge is 0.373 e. The van der Waals surface area contributed by atoms with Crippen LogP contribution in [0.3, 0.4) is 0 Å². The van der Waals surface area contributed by atoms with Crippen LogP contribution in [0.2, 0.25) is 0 Å². The number of carbonyl (C=O) groups excluding carboxylic acids is 1. The fourth-order valence-corrected chi connectivity index (χ4v) is 3.03. The van der Waals surface area contributed by atoms with Gasteiger partial charge < -0.3 is 15.5 Å². The van der Waals surface area contributed by atoms with Gasteiger partial charge in [-0.05, 0) is 31.9 Å². The molecule has 0 saturated heterocycles. The molecule has 0 aromatic carbocycles. The maximum Gasteiger partial charge on any atom is 0.234 e. The molecule has 0 aromatic rings. The first-order valence-electron chi connectivity index (χ1n) is 7.07. The highest BCUT2D eigenvalue weighted by Crippen LogP contribution is 2.32. The van der Waals surface area contributed by atoms with Gasteiger partial charge in [0.25, 0.3) is 0 Å². The highest BCUT2D eigenvalue weighted by molar-refractivity contribution is 5.78. The lowest BCUT2D eigenvalue weighted by molar-refractivity contribution is -0.121. The predicted molar refractivity (Wildman–Crippen MR) is 73.1 cm³/mol. The molecule has 0 radical (unpaired) electrons. The predicted octanol–water partition coefficient (Wildman–Crippen LogP) is 1.10. The molecule has 102 valence electrons. The smallest absolute Gasteiger partial charge is 0.234 e. The Morgan fingerprint density at radius 2 is 2.17 bits per heavy atom. The number of carbonyl (C=O) groups is 1. The van der Waals surface area contributed by atoms with E-state index in [0.717, 1.165) is 6.54 Å². The summed E-state index contributed by atoms with van der Waals surface area (Å²) in [5.74, 6) is 0.725. The Hall–Kier alpha value is -1.03. The van der Waals surface area contributed by atoms with Crippen molar-refractivity contribution in [2.75, 3.05) is 27.2 Å². The van der Waals surface area contributed by atoms with E-state index in [1.807, 2.05) is 7.05 Å². The van der Waals surface area contributed by atoms with Gasteiger partial charge in [0.15, 0.2) is 0 Å². The number of nitrogens with zero attached hydrogens (tertiary/aromatic N) is 1. The van der Waals surface area contributed by atoms with Crippen LogP contribution in [0.4, 0.5) is 0 Å². The van der Waals surface area contributed by atoms with Gasteiger partial charge in [0.1, 0.15) is 0 Å². The first-order chi connectivity index (χ1) is 8.72. The minimum absolute atomic E-state index is 0.106. The van der Waals surface area contributed by atoms with Crippen LogP contribution in [0.25, 0.3) is 0 Å². The van der Waals surface area contributed by atoms with Crippen molar-refractivity contribution >= 4 is 5.91 Å². The topological polar surface area (TPSA) is 44.4 Å². The number of nitrogens with one attached hydrogen (secondary N) is 2. The van der Waals surface area contributed by atoms with Gasteiger partial charge in [-0.3, -0.25) is 4.79 Å². The molecule has 1 atom stereocenters. The quantitative estimate of drug-likeness (QED) is 0.769. The molecule has 18 heavy (non-hydrogen) atoms. The van der Waals surface area contributed by atoms with E-state index < -0.39 is 0 Å². The molecule has 0 aromatic heterocycles. The van der Waals surface area contributed by atoms with Crippen LogP contribution in [-0.2, 0) is 4.79 Å².